The lowest BCUT2D eigenvalue weighted by Crippen LogP contribution is -2.09. The summed E-state index contributed by atoms with van der Waals surface area (Å²) < 4.78 is 1.51. The van der Waals surface area contributed by atoms with E-state index in [1.807, 2.05) is 24.3 Å². The van der Waals surface area contributed by atoms with Gasteiger partial charge in [0.2, 0.25) is 11.2 Å². The third kappa shape index (κ3) is 3.48. The monoisotopic (exact) mass is 320 g/mol. The average molecular weight is 321 g/mol. The molecule has 2 heterocycles. The molecule has 0 amide bonds. The quantitative estimate of drug-likeness (QED) is 0.800. The van der Waals surface area contributed by atoms with Gasteiger partial charge in [-0.1, -0.05) is 23.7 Å². The fourth-order valence-electron chi connectivity index (χ4n) is 1.69. The molecule has 106 valence electrons. The highest BCUT2D eigenvalue weighted by atomic mass is 35.5. The van der Waals surface area contributed by atoms with Crippen molar-refractivity contribution in [3.05, 3.63) is 58.6 Å². The van der Waals surface area contributed by atoms with Gasteiger partial charge >= 0.3 is 0 Å². The van der Waals surface area contributed by atoms with Crippen molar-refractivity contribution in [2.24, 2.45) is 0 Å². The predicted octanol–water partition coefficient (Wildman–Crippen LogP) is 2.98. The van der Waals surface area contributed by atoms with E-state index in [-0.39, 0.29) is 5.28 Å². The highest BCUT2D eigenvalue weighted by Gasteiger charge is 2.07. The number of rotatable bonds is 4. The number of nitrogens with one attached hydrogen (secondary N) is 1. The Morgan fingerprint density at radius 1 is 1.05 bits per heavy atom. The molecule has 0 unspecified atom stereocenters. The zero-order valence-electron chi connectivity index (χ0n) is 10.7. The van der Waals surface area contributed by atoms with Crippen molar-refractivity contribution in [2.75, 3.05) is 5.32 Å². The molecule has 1 aromatic carbocycles. The van der Waals surface area contributed by atoms with E-state index < -0.39 is 0 Å². The van der Waals surface area contributed by atoms with Crippen LogP contribution in [0.3, 0.4) is 0 Å². The fraction of sp³-hybridized carbons (Fsp3) is 0.0769. The Balaban J connectivity index is 1.78. The van der Waals surface area contributed by atoms with Crippen LogP contribution in [0.15, 0.2) is 42.7 Å². The van der Waals surface area contributed by atoms with Crippen molar-refractivity contribution in [1.29, 1.82) is 0 Å². The predicted molar refractivity (Wildman–Crippen MR) is 80.7 cm³/mol. The number of aromatic nitrogens is 5. The first-order valence-electron chi connectivity index (χ1n) is 6.10. The van der Waals surface area contributed by atoms with Gasteiger partial charge < -0.3 is 5.32 Å². The molecule has 0 aliphatic heterocycles. The van der Waals surface area contributed by atoms with Crippen LogP contribution in [-0.2, 0) is 6.54 Å². The molecule has 0 bridgehead atoms. The largest absolute Gasteiger partial charge is 0.350 e. The Bertz CT molecular complexity index is 727. The first-order chi connectivity index (χ1) is 10.2. The number of hydrogen-bond donors (Lipinski definition) is 1. The van der Waals surface area contributed by atoms with Crippen LogP contribution in [0, 0.1) is 0 Å². The van der Waals surface area contributed by atoms with Crippen molar-refractivity contribution in [2.45, 2.75) is 6.54 Å². The molecule has 0 aliphatic carbocycles. The Morgan fingerprint density at radius 2 is 1.86 bits per heavy atom. The van der Waals surface area contributed by atoms with E-state index in [4.69, 9.17) is 23.2 Å². The Labute approximate surface area is 130 Å². The topological polar surface area (TPSA) is 68.5 Å². The zero-order chi connectivity index (χ0) is 14.7. The molecule has 0 atom stereocenters. The van der Waals surface area contributed by atoms with Gasteiger partial charge in [0.05, 0.1) is 0 Å². The van der Waals surface area contributed by atoms with Gasteiger partial charge in [-0.25, -0.2) is 4.68 Å². The first kappa shape index (κ1) is 13.8. The lowest BCUT2D eigenvalue weighted by molar-refractivity contribution is 0.795. The summed E-state index contributed by atoms with van der Waals surface area (Å²) in [6, 6.07) is 9.28. The molecule has 3 rings (SSSR count). The summed E-state index contributed by atoms with van der Waals surface area (Å²) >= 11 is 11.8. The highest BCUT2D eigenvalue weighted by molar-refractivity contribution is 6.30. The Kier molecular flexibility index (Phi) is 3.98. The average Bonchev–Trinajstić information content (AvgIpc) is 3.00. The second-order valence-corrected chi connectivity index (χ2v) is 4.93. The number of hydrogen-bond acceptors (Lipinski definition) is 5. The molecule has 0 saturated heterocycles. The maximum absolute atomic E-state index is 5.91. The molecule has 8 heteroatoms. The van der Waals surface area contributed by atoms with E-state index in [0.717, 1.165) is 5.56 Å². The zero-order valence-corrected chi connectivity index (χ0v) is 12.3. The molecular formula is C13H10Cl2N6. The Morgan fingerprint density at radius 3 is 2.57 bits per heavy atom. The maximum atomic E-state index is 5.91. The van der Waals surface area contributed by atoms with Gasteiger partial charge in [0.15, 0.2) is 0 Å². The summed E-state index contributed by atoms with van der Waals surface area (Å²) in [5.41, 5.74) is 1.05. The van der Waals surface area contributed by atoms with Gasteiger partial charge in [-0.15, -0.1) is 0 Å². The van der Waals surface area contributed by atoms with Crippen molar-refractivity contribution >= 4 is 29.2 Å². The lowest BCUT2D eigenvalue weighted by atomic mass is 10.2. The molecule has 3 aromatic rings. The molecule has 0 fully saturated rings. The van der Waals surface area contributed by atoms with Gasteiger partial charge in [-0.05, 0) is 35.4 Å². The van der Waals surface area contributed by atoms with E-state index in [1.54, 1.807) is 18.5 Å². The fourth-order valence-corrected chi connectivity index (χ4v) is 1.97. The van der Waals surface area contributed by atoms with Gasteiger partial charge in [-0.3, -0.25) is 0 Å². The SMILES string of the molecule is Clc1ccc(CNc2nc(Cl)nc(-n3cccn3)n2)cc1. The van der Waals surface area contributed by atoms with Crippen molar-refractivity contribution in [1.82, 2.24) is 24.7 Å². The van der Waals surface area contributed by atoms with E-state index in [2.05, 4.69) is 25.4 Å². The minimum atomic E-state index is 0.106. The first-order valence-corrected chi connectivity index (χ1v) is 6.86. The van der Waals surface area contributed by atoms with Crippen LogP contribution in [0.5, 0.6) is 0 Å². The van der Waals surface area contributed by atoms with Crippen LogP contribution in [-0.4, -0.2) is 24.7 Å². The second-order valence-electron chi connectivity index (χ2n) is 4.16. The molecule has 0 aliphatic rings. The van der Waals surface area contributed by atoms with Crippen molar-refractivity contribution in [3.8, 4) is 5.95 Å². The molecular weight excluding hydrogens is 311 g/mol. The minimum absolute atomic E-state index is 0.106. The third-order valence-electron chi connectivity index (χ3n) is 2.67. The van der Waals surface area contributed by atoms with Gasteiger partial charge in [0.25, 0.3) is 5.95 Å². The van der Waals surface area contributed by atoms with Crippen molar-refractivity contribution in [3.63, 3.8) is 0 Å². The van der Waals surface area contributed by atoms with E-state index >= 15 is 0 Å². The molecule has 0 spiro atoms. The summed E-state index contributed by atoms with van der Waals surface area (Å²) in [6.45, 7) is 0.552. The summed E-state index contributed by atoms with van der Waals surface area (Å²) in [5, 5.41) is 7.96. The van der Waals surface area contributed by atoms with Crippen LogP contribution in [0.2, 0.25) is 10.3 Å². The smallest absolute Gasteiger partial charge is 0.256 e. The normalized spacial score (nSPS) is 10.6. The van der Waals surface area contributed by atoms with Crippen LogP contribution >= 0.6 is 23.2 Å². The summed E-state index contributed by atoms with van der Waals surface area (Å²) in [5.74, 6) is 0.744. The molecule has 0 radical (unpaired) electrons. The minimum Gasteiger partial charge on any atom is -0.350 e. The maximum Gasteiger partial charge on any atom is 0.256 e. The second kappa shape index (κ2) is 6.07. The molecule has 0 saturated carbocycles. The van der Waals surface area contributed by atoms with Gasteiger partial charge in [0, 0.05) is 24.0 Å². The summed E-state index contributed by atoms with van der Waals surface area (Å²) in [6.07, 6.45) is 3.37. The highest BCUT2D eigenvalue weighted by Crippen LogP contribution is 2.12. The van der Waals surface area contributed by atoms with E-state index in [9.17, 15) is 0 Å². The lowest BCUT2D eigenvalue weighted by Gasteiger charge is -2.07. The van der Waals surface area contributed by atoms with Crippen LogP contribution in [0.1, 0.15) is 5.56 Å². The molecule has 6 nitrogen and oxygen atoms in total. The van der Waals surface area contributed by atoms with Crippen LogP contribution in [0.4, 0.5) is 5.95 Å². The standard InChI is InChI=1S/C13H10Cl2N6/c14-10-4-2-9(3-5-10)8-16-12-18-11(15)19-13(20-12)21-7-1-6-17-21/h1-7H,8H2,(H,16,18,19,20). The van der Waals surface area contributed by atoms with Crippen molar-refractivity contribution < 1.29 is 0 Å². The van der Waals surface area contributed by atoms with Crippen LogP contribution < -0.4 is 5.32 Å². The third-order valence-corrected chi connectivity index (χ3v) is 3.09. The number of halogens is 2. The molecule has 2 aromatic heterocycles. The summed E-state index contributed by atoms with van der Waals surface area (Å²) in [4.78, 5) is 12.3. The van der Waals surface area contributed by atoms with E-state index in [1.165, 1.54) is 4.68 Å². The van der Waals surface area contributed by atoms with Gasteiger partial charge in [-0.2, -0.15) is 20.1 Å². The number of anilines is 1. The van der Waals surface area contributed by atoms with Crippen LogP contribution in [0.25, 0.3) is 5.95 Å². The molecule has 1 N–H and O–H groups in total. The summed E-state index contributed by atoms with van der Waals surface area (Å²) in [7, 11) is 0. The number of benzene rings is 1. The van der Waals surface area contributed by atoms with E-state index in [0.29, 0.717) is 23.5 Å². The Hall–Kier alpha value is -2.18. The number of nitrogens with zero attached hydrogens (tertiary/aromatic N) is 5. The van der Waals surface area contributed by atoms with Gasteiger partial charge in [0.1, 0.15) is 0 Å². The molecule has 21 heavy (non-hydrogen) atoms.